The summed E-state index contributed by atoms with van der Waals surface area (Å²) in [4.78, 5) is 1.95. The van der Waals surface area contributed by atoms with Crippen LogP contribution in [0.15, 0.2) is 0 Å². The van der Waals surface area contributed by atoms with Crippen LogP contribution in [0.5, 0.6) is 0 Å². The van der Waals surface area contributed by atoms with Gasteiger partial charge in [-0.3, -0.25) is 4.90 Å². The predicted octanol–water partition coefficient (Wildman–Crippen LogP) is 2.27. The van der Waals surface area contributed by atoms with E-state index in [0.717, 1.165) is 19.4 Å². The van der Waals surface area contributed by atoms with Crippen molar-refractivity contribution >= 4 is 0 Å². The fraction of sp³-hybridized carbons (Fsp3) is 1.00. The van der Waals surface area contributed by atoms with Crippen molar-refractivity contribution in [1.29, 1.82) is 0 Å². The van der Waals surface area contributed by atoms with Gasteiger partial charge in [-0.05, 0) is 25.8 Å². The summed E-state index contributed by atoms with van der Waals surface area (Å²) < 4.78 is 27.3. The summed E-state index contributed by atoms with van der Waals surface area (Å²) in [6.07, 6.45) is 6.17. The maximum absolute atomic E-state index is 13.7. The number of aliphatic hydroxyl groups excluding tert-OH is 1. The number of halogens is 2. The van der Waals surface area contributed by atoms with Gasteiger partial charge in [-0.25, -0.2) is 8.78 Å². The number of hydrogen-bond acceptors (Lipinski definition) is 2. The topological polar surface area (TPSA) is 23.5 Å². The Morgan fingerprint density at radius 3 is 2.38 bits per heavy atom. The molecule has 2 fully saturated rings. The summed E-state index contributed by atoms with van der Waals surface area (Å²) in [5.74, 6) is -3.53. The summed E-state index contributed by atoms with van der Waals surface area (Å²) in [5, 5.41) is 8.92. The smallest absolute Gasteiger partial charge is 0.265 e. The quantitative estimate of drug-likeness (QED) is 0.791. The van der Waals surface area contributed by atoms with Crippen LogP contribution in [0, 0.1) is 5.92 Å². The molecular weight excluding hydrogens is 212 g/mol. The third-order valence-electron chi connectivity index (χ3n) is 4.09. The van der Waals surface area contributed by atoms with Crippen molar-refractivity contribution in [2.75, 3.05) is 19.7 Å². The molecule has 1 N–H and O–H groups in total. The molecule has 94 valence electrons. The number of piperidine rings is 1. The minimum atomic E-state index is -2.70. The van der Waals surface area contributed by atoms with E-state index in [4.69, 9.17) is 5.11 Å². The molecule has 4 heteroatoms. The standard InChI is InChI=1S/C12H21F2NO/c13-12(14)9-15(7-6-10(12)8-16)11-4-2-1-3-5-11/h10-11,16H,1-9H2. The Morgan fingerprint density at radius 1 is 1.12 bits per heavy atom. The van der Waals surface area contributed by atoms with Crippen LogP contribution >= 0.6 is 0 Å². The van der Waals surface area contributed by atoms with E-state index in [1.807, 2.05) is 4.90 Å². The Hall–Kier alpha value is -0.220. The van der Waals surface area contributed by atoms with Gasteiger partial charge < -0.3 is 5.11 Å². The van der Waals surface area contributed by atoms with Gasteiger partial charge in [0.25, 0.3) is 5.92 Å². The van der Waals surface area contributed by atoms with Gasteiger partial charge in [0.15, 0.2) is 0 Å². The number of hydrogen-bond donors (Lipinski definition) is 1. The fourth-order valence-electron chi connectivity index (χ4n) is 2.99. The van der Waals surface area contributed by atoms with Gasteiger partial charge in [0, 0.05) is 12.0 Å². The minimum Gasteiger partial charge on any atom is -0.396 e. The second-order valence-electron chi connectivity index (χ2n) is 5.19. The summed E-state index contributed by atoms with van der Waals surface area (Å²) in [7, 11) is 0. The highest BCUT2D eigenvalue weighted by molar-refractivity contribution is 4.89. The molecule has 2 aliphatic rings. The third kappa shape index (κ3) is 2.54. The van der Waals surface area contributed by atoms with Gasteiger partial charge in [-0.2, -0.15) is 0 Å². The number of likely N-dealkylation sites (tertiary alicyclic amines) is 1. The molecule has 16 heavy (non-hydrogen) atoms. The lowest BCUT2D eigenvalue weighted by molar-refractivity contribution is -0.133. The Kier molecular flexibility index (Phi) is 3.80. The first-order valence-electron chi connectivity index (χ1n) is 6.36. The zero-order valence-electron chi connectivity index (χ0n) is 9.67. The highest BCUT2D eigenvalue weighted by atomic mass is 19.3. The molecule has 1 atom stereocenters. The van der Waals surface area contributed by atoms with Crippen molar-refractivity contribution in [3.63, 3.8) is 0 Å². The molecule has 1 unspecified atom stereocenters. The van der Waals surface area contributed by atoms with Crippen molar-refractivity contribution in [1.82, 2.24) is 4.90 Å². The lowest BCUT2D eigenvalue weighted by Crippen LogP contribution is -2.53. The van der Waals surface area contributed by atoms with Gasteiger partial charge in [-0.1, -0.05) is 19.3 Å². The average molecular weight is 233 g/mol. The van der Waals surface area contributed by atoms with Crippen molar-refractivity contribution < 1.29 is 13.9 Å². The summed E-state index contributed by atoms with van der Waals surface area (Å²) >= 11 is 0. The van der Waals surface area contributed by atoms with Crippen molar-refractivity contribution in [3.05, 3.63) is 0 Å². The van der Waals surface area contributed by atoms with Gasteiger partial charge in [0.05, 0.1) is 13.2 Å². The average Bonchev–Trinajstić information content (AvgIpc) is 2.29. The Bertz CT molecular complexity index is 229. The van der Waals surface area contributed by atoms with Crippen LogP contribution in [0.25, 0.3) is 0 Å². The van der Waals surface area contributed by atoms with Gasteiger partial charge in [-0.15, -0.1) is 0 Å². The SMILES string of the molecule is OCC1CCN(C2CCCCC2)CC1(F)F. The first-order valence-corrected chi connectivity index (χ1v) is 6.36. The summed E-state index contributed by atoms with van der Waals surface area (Å²) in [6, 6.07) is 0.360. The van der Waals surface area contributed by atoms with Crippen LogP contribution in [0.1, 0.15) is 38.5 Å². The number of rotatable bonds is 2. The lowest BCUT2D eigenvalue weighted by atomic mass is 9.88. The molecule has 1 saturated heterocycles. The predicted molar refractivity (Wildman–Crippen MR) is 58.6 cm³/mol. The molecule has 1 aliphatic carbocycles. The molecule has 0 amide bonds. The van der Waals surface area contributed by atoms with Crippen molar-refractivity contribution in [2.24, 2.45) is 5.92 Å². The Labute approximate surface area is 95.6 Å². The van der Waals surface area contributed by atoms with E-state index < -0.39 is 11.8 Å². The Morgan fingerprint density at radius 2 is 1.81 bits per heavy atom. The maximum Gasteiger partial charge on any atom is 0.265 e. The van der Waals surface area contributed by atoms with Crippen LogP contribution < -0.4 is 0 Å². The zero-order chi connectivity index (χ0) is 11.6. The Balaban J connectivity index is 1.93. The molecule has 2 nitrogen and oxygen atoms in total. The van der Waals surface area contributed by atoms with E-state index in [9.17, 15) is 8.78 Å². The van der Waals surface area contributed by atoms with Crippen LogP contribution in [0.4, 0.5) is 8.78 Å². The van der Waals surface area contributed by atoms with E-state index in [1.54, 1.807) is 0 Å². The highest BCUT2D eigenvalue weighted by Crippen LogP contribution is 2.35. The minimum absolute atomic E-state index is 0.150. The molecule has 0 aromatic heterocycles. The first kappa shape index (κ1) is 12.2. The second-order valence-corrected chi connectivity index (χ2v) is 5.19. The third-order valence-corrected chi connectivity index (χ3v) is 4.09. The fourth-order valence-corrected chi connectivity index (χ4v) is 2.99. The lowest BCUT2D eigenvalue weighted by Gasteiger charge is -2.42. The second kappa shape index (κ2) is 4.96. The molecule has 0 aromatic rings. The van der Waals surface area contributed by atoms with Crippen LogP contribution in [-0.4, -0.2) is 41.7 Å². The molecule has 0 radical (unpaired) electrons. The molecule has 0 spiro atoms. The largest absolute Gasteiger partial charge is 0.396 e. The van der Waals surface area contributed by atoms with E-state index in [-0.39, 0.29) is 13.2 Å². The number of alkyl halides is 2. The highest BCUT2D eigenvalue weighted by Gasteiger charge is 2.45. The molecule has 1 heterocycles. The first-order chi connectivity index (χ1) is 7.63. The molecular formula is C12H21F2NO. The molecule has 2 rings (SSSR count). The van der Waals surface area contributed by atoms with Gasteiger partial charge >= 0.3 is 0 Å². The molecule has 0 bridgehead atoms. The van der Waals surface area contributed by atoms with E-state index in [0.29, 0.717) is 12.5 Å². The normalized spacial score (nSPS) is 32.8. The monoisotopic (exact) mass is 233 g/mol. The number of aliphatic hydroxyl groups is 1. The van der Waals surface area contributed by atoms with E-state index in [1.165, 1.54) is 19.3 Å². The van der Waals surface area contributed by atoms with Crippen LogP contribution in [0.3, 0.4) is 0 Å². The van der Waals surface area contributed by atoms with E-state index >= 15 is 0 Å². The summed E-state index contributed by atoms with van der Waals surface area (Å²) in [5.41, 5.74) is 0. The van der Waals surface area contributed by atoms with Crippen LogP contribution in [0.2, 0.25) is 0 Å². The zero-order valence-corrected chi connectivity index (χ0v) is 9.67. The summed E-state index contributed by atoms with van der Waals surface area (Å²) in [6.45, 7) is 0.194. The van der Waals surface area contributed by atoms with Crippen molar-refractivity contribution in [2.45, 2.75) is 50.5 Å². The molecule has 1 aliphatic heterocycles. The van der Waals surface area contributed by atoms with Crippen molar-refractivity contribution in [3.8, 4) is 0 Å². The molecule has 1 saturated carbocycles. The van der Waals surface area contributed by atoms with E-state index in [2.05, 4.69) is 0 Å². The van der Waals surface area contributed by atoms with Gasteiger partial charge in [0.2, 0.25) is 0 Å². The van der Waals surface area contributed by atoms with Crippen LogP contribution in [-0.2, 0) is 0 Å². The number of nitrogens with zero attached hydrogens (tertiary/aromatic N) is 1. The maximum atomic E-state index is 13.7. The van der Waals surface area contributed by atoms with Gasteiger partial charge in [0.1, 0.15) is 0 Å². The molecule has 0 aromatic carbocycles.